The molecular formula is C15H18FNO4. The number of phenolic OH excluding ortho intramolecular Hbond substituents is 1. The molecule has 0 radical (unpaired) electrons. The molecule has 2 rings (SSSR count). The smallest absolute Gasteiger partial charge is 0.309 e. The Hall–Kier alpha value is -2.11. The van der Waals surface area contributed by atoms with E-state index in [0.717, 1.165) is 12.8 Å². The van der Waals surface area contributed by atoms with Gasteiger partial charge in [-0.3, -0.25) is 4.79 Å². The van der Waals surface area contributed by atoms with Gasteiger partial charge in [-0.2, -0.15) is 0 Å². The number of oxime groups is 1. The molecule has 1 aliphatic heterocycles. The molecule has 0 amide bonds. The highest BCUT2D eigenvalue weighted by atomic mass is 19.1. The molecule has 21 heavy (non-hydrogen) atoms. The lowest BCUT2D eigenvalue weighted by Crippen LogP contribution is -2.17. The molecule has 1 N–H and O–H groups in total. The zero-order chi connectivity index (χ0) is 15.2. The van der Waals surface area contributed by atoms with Gasteiger partial charge < -0.3 is 14.7 Å². The monoisotopic (exact) mass is 295 g/mol. The fraction of sp³-hybridized carbons (Fsp3) is 0.467. The number of phenols is 1. The molecule has 0 unspecified atom stereocenters. The molecular weight excluding hydrogens is 277 g/mol. The van der Waals surface area contributed by atoms with Crippen LogP contribution >= 0.6 is 0 Å². The van der Waals surface area contributed by atoms with E-state index in [4.69, 9.17) is 14.7 Å². The summed E-state index contributed by atoms with van der Waals surface area (Å²) >= 11 is 0. The van der Waals surface area contributed by atoms with Gasteiger partial charge >= 0.3 is 5.97 Å². The van der Waals surface area contributed by atoms with E-state index >= 15 is 0 Å². The van der Waals surface area contributed by atoms with Crippen LogP contribution in [-0.2, 0) is 14.4 Å². The van der Waals surface area contributed by atoms with Gasteiger partial charge in [0.25, 0.3) is 0 Å². The Morgan fingerprint density at radius 3 is 3.10 bits per heavy atom. The molecule has 0 fully saturated rings. The Kier molecular flexibility index (Phi) is 5.14. The molecule has 0 saturated carbocycles. The first kappa shape index (κ1) is 15.3. The molecule has 6 heteroatoms. The first-order valence-electron chi connectivity index (χ1n) is 6.97. The molecule has 0 bridgehead atoms. The van der Waals surface area contributed by atoms with Crippen LogP contribution in [0.4, 0.5) is 4.39 Å². The van der Waals surface area contributed by atoms with Crippen LogP contribution in [0.25, 0.3) is 0 Å². The summed E-state index contributed by atoms with van der Waals surface area (Å²) in [6.07, 6.45) is 1.95. The van der Waals surface area contributed by atoms with E-state index in [2.05, 4.69) is 5.16 Å². The predicted molar refractivity (Wildman–Crippen MR) is 74.6 cm³/mol. The Morgan fingerprint density at radius 2 is 2.38 bits per heavy atom. The third kappa shape index (κ3) is 4.18. The Balaban J connectivity index is 1.85. The molecule has 1 heterocycles. The van der Waals surface area contributed by atoms with Crippen LogP contribution in [0.3, 0.4) is 0 Å². The first-order chi connectivity index (χ1) is 10.1. The van der Waals surface area contributed by atoms with E-state index in [1.165, 1.54) is 12.1 Å². The number of ether oxygens (including phenoxy) is 1. The van der Waals surface area contributed by atoms with Crippen molar-refractivity contribution in [3.05, 3.63) is 29.6 Å². The largest absolute Gasteiger partial charge is 0.505 e. The second kappa shape index (κ2) is 7.06. The lowest BCUT2D eigenvalue weighted by Gasteiger charge is -2.08. The van der Waals surface area contributed by atoms with Crippen molar-refractivity contribution < 1.29 is 23.9 Å². The van der Waals surface area contributed by atoms with Crippen LogP contribution in [0, 0.1) is 5.82 Å². The molecule has 1 atom stereocenters. The van der Waals surface area contributed by atoms with Crippen LogP contribution in [0.1, 0.15) is 38.2 Å². The van der Waals surface area contributed by atoms with Gasteiger partial charge in [0.1, 0.15) is 6.10 Å². The summed E-state index contributed by atoms with van der Waals surface area (Å²) in [5.41, 5.74) is 1.09. The number of carbonyl (C=O) groups is 1. The number of halogens is 1. The number of unbranched alkanes of at least 4 members (excludes halogenated alkanes) is 1. The van der Waals surface area contributed by atoms with Crippen molar-refractivity contribution in [3.63, 3.8) is 0 Å². The van der Waals surface area contributed by atoms with Gasteiger partial charge in [0.2, 0.25) is 0 Å². The van der Waals surface area contributed by atoms with Crippen LogP contribution in [0.2, 0.25) is 0 Å². The molecule has 5 nitrogen and oxygen atoms in total. The van der Waals surface area contributed by atoms with Gasteiger partial charge in [0.15, 0.2) is 11.6 Å². The second-order valence-electron chi connectivity index (χ2n) is 4.91. The number of rotatable bonds is 6. The predicted octanol–water partition coefficient (Wildman–Crippen LogP) is 2.76. The third-order valence-corrected chi connectivity index (χ3v) is 3.17. The molecule has 114 valence electrons. The van der Waals surface area contributed by atoms with E-state index < -0.39 is 11.6 Å². The van der Waals surface area contributed by atoms with E-state index in [-0.39, 0.29) is 18.5 Å². The normalized spacial score (nSPS) is 17.2. The summed E-state index contributed by atoms with van der Waals surface area (Å²) in [7, 11) is 0. The summed E-state index contributed by atoms with van der Waals surface area (Å²) in [5.74, 6) is -1.44. The van der Waals surface area contributed by atoms with Crippen LogP contribution in [0.5, 0.6) is 5.75 Å². The van der Waals surface area contributed by atoms with Crippen molar-refractivity contribution in [2.75, 3.05) is 6.61 Å². The van der Waals surface area contributed by atoms with Crippen LogP contribution < -0.4 is 0 Å². The van der Waals surface area contributed by atoms with Crippen molar-refractivity contribution in [3.8, 4) is 5.75 Å². The zero-order valence-corrected chi connectivity index (χ0v) is 11.8. The Labute approximate surface area is 122 Å². The minimum absolute atomic E-state index is 0.122. The minimum atomic E-state index is -0.711. The van der Waals surface area contributed by atoms with Crippen molar-refractivity contribution >= 4 is 11.7 Å². The molecule has 1 aromatic carbocycles. The quantitative estimate of drug-likeness (QED) is 0.647. The average Bonchev–Trinajstić information content (AvgIpc) is 2.90. The molecule has 1 aliphatic rings. The maximum Gasteiger partial charge on any atom is 0.309 e. The maximum absolute atomic E-state index is 13.3. The van der Waals surface area contributed by atoms with Crippen molar-refractivity contribution in [1.82, 2.24) is 0 Å². The van der Waals surface area contributed by atoms with Gasteiger partial charge in [-0.05, 0) is 24.6 Å². The van der Waals surface area contributed by atoms with Gasteiger partial charge in [0.05, 0.1) is 18.7 Å². The second-order valence-corrected chi connectivity index (χ2v) is 4.91. The fourth-order valence-corrected chi connectivity index (χ4v) is 1.97. The lowest BCUT2D eigenvalue weighted by molar-refractivity contribution is -0.146. The van der Waals surface area contributed by atoms with E-state index in [1.54, 1.807) is 6.07 Å². The van der Waals surface area contributed by atoms with Crippen molar-refractivity contribution in [2.45, 2.75) is 38.7 Å². The summed E-state index contributed by atoms with van der Waals surface area (Å²) in [6, 6.07) is 4.02. The zero-order valence-electron chi connectivity index (χ0n) is 11.8. The van der Waals surface area contributed by atoms with E-state index in [0.29, 0.717) is 24.3 Å². The standard InChI is InChI=1S/C15H18FNO4/c1-2-3-6-20-15(19)9-11-8-13(17-21-11)10-4-5-14(18)12(16)7-10/h4-5,7,11,18H,2-3,6,8-9H2,1H3/t11-/m1/s1. The van der Waals surface area contributed by atoms with Gasteiger partial charge in [-0.1, -0.05) is 18.5 Å². The number of benzene rings is 1. The molecule has 0 saturated heterocycles. The SMILES string of the molecule is CCCCOC(=O)C[C@H]1CC(c2ccc(O)c(F)c2)=NO1. The highest BCUT2D eigenvalue weighted by Gasteiger charge is 2.25. The number of nitrogens with zero attached hydrogens (tertiary/aromatic N) is 1. The maximum atomic E-state index is 13.3. The summed E-state index contributed by atoms with van der Waals surface area (Å²) in [6.45, 7) is 2.43. The fourth-order valence-electron chi connectivity index (χ4n) is 1.97. The van der Waals surface area contributed by atoms with E-state index in [1.807, 2.05) is 6.92 Å². The van der Waals surface area contributed by atoms with Crippen LogP contribution in [-0.4, -0.2) is 29.5 Å². The lowest BCUT2D eigenvalue weighted by atomic mass is 10.0. The highest BCUT2D eigenvalue weighted by molar-refractivity contribution is 6.01. The third-order valence-electron chi connectivity index (χ3n) is 3.17. The number of hydrogen-bond acceptors (Lipinski definition) is 5. The van der Waals surface area contributed by atoms with Gasteiger partial charge in [-0.25, -0.2) is 4.39 Å². The Bertz CT molecular complexity index is 544. The van der Waals surface area contributed by atoms with E-state index in [9.17, 15) is 9.18 Å². The molecule has 0 spiro atoms. The Morgan fingerprint density at radius 1 is 1.57 bits per heavy atom. The summed E-state index contributed by atoms with van der Waals surface area (Å²) in [5, 5.41) is 13.0. The number of hydrogen-bond donors (Lipinski definition) is 1. The molecule has 0 aromatic heterocycles. The van der Waals surface area contributed by atoms with Gasteiger partial charge in [0, 0.05) is 12.0 Å². The van der Waals surface area contributed by atoms with Crippen LogP contribution in [0.15, 0.2) is 23.4 Å². The highest BCUT2D eigenvalue weighted by Crippen LogP contribution is 2.23. The molecule has 1 aromatic rings. The average molecular weight is 295 g/mol. The number of carbonyl (C=O) groups excluding carboxylic acids is 1. The molecule has 0 aliphatic carbocycles. The minimum Gasteiger partial charge on any atom is -0.505 e. The summed E-state index contributed by atoms with van der Waals surface area (Å²) in [4.78, 5) is 16.7. The van der Waals surface area contributed by atoms with Crippen molar-refractivity contribution in [1.29, 1.82) is 0 Å². The number of esters is 1. The first-order valence-corrected chi connectivity index (χ1v) is 6.97. The number of aromatic hydroxyl groups is 1. The van der Waals surface area contributed by atoms with Gasteiger partial charge in [-0.15, -0.1) is 0 Å². The summed E-state index contributed by atoms with van der Waals surface area (Å²) < 4.78 is 18.4. The topological polar surface area (TPSA) is 68.1 Å². The van der Waals surface area contributed by atoms with Crippen molar-refractivity contribution in [2.24, 2.45) is 5.16 Å².